The van der Waals surface area contributed by atoms with E-state index in [1.807, 2.05) is 54.0 Å². The number of carboxylic acids is 1. The molecule has 0 aliphatic carbocycles. The first kappa shape index (κ1) is 19.5. The number of carboxylic acid groups (broad SMARTS) is 1. The summed E-state index contributed by atoms with van der Waals surface area (Å²) in [6, 6.07) is 4.51. The fourth-order valence-corrected chi connectivity index (χ4v) is 4.30. The van der Waals surface area contributed by atoms with E-state index in [-0.39, 0.29) is 6.42 Å². The van der Waals surface area contributed by atoms with Crippen LogP contribution in [0.2, 0.25) is 0 Å². The van der Waals surface area contributed by atoms with Gasteiger partial charge in [-0.3, -0.25) is 4.79 Å². The number of carbonyl (C=O) groups is 2. The SMILES string of the molecule is CSc1c(CC(NC(=O)c2c[nH]c3cc(Br)ccc23)C(=O)O)n(C)c[n+]1C. The second-order valence-electron chi connectivity index (χ2n) is 6.25. The summed E-state index contributed by atoms with van der Waals surface area (Å²) >= 11 is 4.94. The van der Waals surface area contributed by atoms with Crippen molar-refractivity contribution >= 4 is 50.5 Å². The zero-order chi connectivity index (χ0) is 19.7. The molecule has 0 spiro atoms. The molecule has 0 bridgehead atoms. The lowest BCUT2D eigenvalue weighted by Gasteiger charge is -2.13. The summed E-state index contributed by atoms with van der Waals surface area (Å²) in [5, 5.41) is 14.0. The standard InChI is InChI=1S/C18H19BrN4O3S/c1-22-9-23(2)17(27-3)15(22)7-14(18(25)26)21-16(24)12-8-20-13-6-10(19)4-5-11(12)13/h4-6,8-9,14H,7H2,1-3H3,(H2-,20,21,24,25,26)/p+1. The quantitative estimate of drug-likeness (QED) is 0.395. The maximum absolute atomic E-state index is 12.7. The molecule has 1 amide bonds. The number of halogens is 1. The van der Waals surface area contributed by atoms with Crippen LogP contribution in [-0.2, 0) is 25.3 Å². The zero-order valence-electron chi connectivity index (χ0n) is 15.1. The second kappa shape index (κ2) is 7.77. The molecule has 0 saturated carbocycles. The van der Waals surface area contributed by atoms with Gasteiger partial charge in [0.1, 0.15) is 6.04 Å². The first-order chi connectivity index (χ1) is 12.8. The Morgan fingerprint density at radius 2 is 2.19 bits per heavy atom. The van der Waals surface area contributed by atoms with Crippen LogP contribution in [0.15, 0.2) is 40.2 Å². The number of hydrogen-bond donors (Lipinski definition) is 3. The molecule has 0 radical (unpaired) electrons. The summed E-state index contributed by atoms with van der Waals surface area (Å²) in [5.74, 6) is -1.48. The maximum Gasteiger partial charge on any atom is 0.326 e. The normalized spacial score (nSPS) is 12.3. The molecule has 0 aliphatic rings. The van der Waals surface area contributed by atoms with Crippen LogP contribution in [0.1, 0.15) is 16.1 Å². The highest BCUT2D eigenvalue weighted by Crippen LogP contribution is 2.23. The van der Waals surface area contributed by atoms with E-state index in [0.29, 0.717) is 5.56 Å². The van der Waals surface area contributed by atoms with Gasteiger partial charge in [-0.25, -0.2) is 13.9 Å². The molecule has 27 heavy (non-hydrogen) atoms. The van der Waals surface area contributed by atoms with Crippen molar-refractivity contribution in [1.29, 1.82) is 0 Å². The van der Waals surface area contributed by atoms with Crippen molar-refractivity contribution in [3.05, 3.63) is 46.5 Å². The van der Waals surface area contributed by atoms with Gasteiger partial charge in [-0.2, -0.15) is 0 Å². The van der Waals surface area contributed by atoms with Crippen molar-refractivity contribution in [2.75, 3.05) is 6.26 Å². The molecule has 3 rings (SSSR count). The van der Waals surface area contributed by atoms with Gasteiger partial charge in [0.15, 0.2) is 5.69 Å². The van der Waals surface area contributed by atoms with Crippen LogP contribution in [0.5, 0.6) is 0 Å². The van der Waals surface area contributed by atoms with Crippen LogP contribution in [-0.4, -0.2) is 38.8 Å². The topological polar surface area (TPSA) is 91.0 Å². The molecule has 0 aliphatic heterocycles. The maximum atomic E-state index is 12.7. The molecule has 3 N–H and O–H groups in total. The molecule has 2 heterocycles. The lowest BCUT2D eigenvalue weighted by Crippen LogP contribution is -2.42. The largest absolute Gasteiger partial charge is 0.480 e. The molecular formula is C18H20BrN4O3S+. The number of benzene rings is 1. The number of aliphatic carboxylic acids is 1. The number of amides is 1. The number of rotatable bonds is 6. The van der Waals surface area contributed by atoms with E-state index in [2.05, 4.69) is 26.2 Å². The summed E-state index contributed by atoms with van der Waals surface area (Å²) in [5.41, 5.74) is 2.09. The van der Waals surface area contributed by atoms with Gasteiger partial charge in [0, 0.05) is 28.0 Å². The highest BCUT2D eigenvalue weighted by molar-refractivity contribution is 9.10. The number of aromatic nitrogens is 3. The van der Waals surface area contributed by atoms with E-state index in [1.54, 1.807) is 18.0 Å². The molecule has 3 aromatic rings. The van der Waals surface area contributed by atoms with Crippen molar-refractivity contribution in [3.8, 4) is 0 Å². The summed E-state index contributed by atoms with van der Waals surface area (Å²) < 4.78 is 4.73. The summed E-state index contributed by atoms with van der Waals surface area (Å²) in [6.07, 6.45) is 5.63. The minimum Gasteiger partial charge on any atom is -0.480 e. The number of carbonyl (C=O) groups excluding carboxylic acids is 1. The molecule has 0 fully saturated rings. The highest BCUT2D eigenvalue weighted by atomic mass is 79.9. The van der Waals surface area contributed by atoms with E-state index in [4.69, 9.17) is 0 Å². The second-order valence-corrected chi connectivity index (χ2v) is 7.96. The third kappa shape index (κ3) is 3.89. The molecular weight excluding hydrogens is 432 g/mol. The predicted molar refractivity (Wildman–Crippen MR) is 107 cm³/mol. The number of fused-ring (bicyclic) bond motifs is 1. The smallest absolute Gasteiger partial charge is 0.326 e. The number of nitrogens with one attached hydrogen (secondary N) is 2. The van der Waals surface area contributed by atoms with Crippen molar-refractivity contribution < 1.29 is 19.3 Å². The van der Waals surface area contributed by atoms with E-state index in [1.165, 1.54) is 0 Å². The third-order valence-electron chi connectivity index (χ3n) is 4.42. The molecule has 7 nitrogen and oxygen atoms in total. The summed E-state index contributed by atoms with van der Waals surface area (Å²) in [4.78, 5) is 27.6. The first-order valence-electron chi connectivity index (χ1n) is 8.20. The molecule has 1 unspecified atom stereocenters. The van der Waals surface area contributed by atoms with Gasteiger partial charge in [-0.15, -0.1) is 0 Å². The van der Waals surface area contributed by atoms with E-state index >= 15 is 0 Å². The van der Waals surface area contributed by atoms with Crippen molar-refractivity contribution in [2.45, 2.75) is 17.5 Å². The Balaban J connectivity index is 1.86. The number of imidazole rings is 1. The highest BCUT2D eigenvalue weighted by Gasteiger charge is 2.28. The summed E-state index contributed by atoms with van der Waals surface area (Å²) in [6.45, 7) is 0. The van der Waals surface area contributed by atoms with Gasteiger partial charge < -0.3 is 15.4 Å². The Labute approximate surface area is 168 Å². The molecule has 2 aromatic heterocycles. The Morgan fingerprint density at radius 1 is 1.44 bits per heavy atom. The fourth-order valence-electron chi connectivity index (χ4n) is 3.15. The third-order valence-corrected chi connectivity index (χ3v) is 5.83. The minimum atomic E-state index is -1.07. The monoisotopic (exact) mass is 451 g/mol. The van der Waals surface area contributed by atoms with Gasteiger partial charge in [0.05, 0.1) is 19.7 Å². The molecule has 0 saturated heterocycles. The van der Waals surface area contributed by atoms with Crippen LogP contribution in [0.3, 0.4) is 0 Å². The van der Waals surface area contributed by atoms with Crippen LogP contribution in [0, 0.1) is 0 Å². The number of aromatic amines is 1. The van der Waals surface area contributed by atoms with Crippen molar-refractivity contribution in [2.24, 2.45) is 14.1 Å². The fraction of sp³-hybridized carbons (Fsp3) is 0.278. The van der Waals surface area contributed by atoms with E-state index in [0.717, 1.165) is 26.1 Å². The summed E-state index contributed by atoms with van der Waals surface area (Å²) in [7, 11) is 3.78. The lowest BCUT2D eigenvalue weighted by molar-refractivity contribution is -0.707. The number of thioether (sulfide) groups is 1. The van der Waals surface area contributed by atoms with Crippen LogP contribution >= 0.6 is 27.7 Å². The lowest BCUT2D eigenvalue weighted by atomic mass is 10.1. The van der Waals surface area contributed by atoms with Gasteiger partial charge in [-0.1, -0.05) is 33.8 Å². The van der Waals surface area contributed by atoms with Gasteiger partial charge >= 0.3 is 5.97 Å². The van der Waals surface area contributed by atoms with Gasteiger partial charge in [0.2, 0.25) is 11.4 Å². The van der Waals surface area contributed by atoms with Crippen molar-refractivity contribution in [1.82, 2.24) is 14.9 Å². The van der Waals surface area contributed by atoms with E-state index < -0.39 is 17.9 Å². The Morgan fingerprint density at radius 3 is 2.85 bits per heavy atom. The first-order valence-corrected chi connectivity index (χ1v) is 10.2. The Bertz CT molecular complexity index is 1030. The predicted octanol–water partition coefficient (Wildman–Crippen LogP) is 2.24. The molecule has 1 atom stereocenters. The van der Waals surface area contributed by atoms with Crippen LogP contribution in [0.25, 0.3) is 10.9 Å². The molecule has 1 aromatic carbocycles. The average molecular weight is 452 g/mol. The van der Waals surface area contributed by atoms with Gasteiger partial charge in [-0.05, 0) is 18.4 Å². The Kier molecular flexibility index (Phi) is 5.61. The number of aryl methyl sites for hydroxylation is 2. The Hall–Kier alpha value is -2.26. The molecule has 142 valence electrons. The average Bonchev–Trinajstić information content (AvgIpc) is 3.14. The number of H-pyrrole nitrogens is 1. The van der Waals surface area contributed by atoms with Crippen LogP contribution < -0.4 is 9.88 Å². The number of nitrogens with zero attached hydrogens (tertiary/aromatic N) is 2. The van der Waals surface area contributed by atoms with Crippen molar-refractivity contribution in [3.63, 3.8) is 0 Å². The van der Waals surface area contributed by atoms with E-state index in [9.17, 15) is 14.7 Å². The van der Waals surface area contributed by atoms with Gasteiger partial charge in [0.25, 0.3) is 5.91 Å². The van der Waals surface area contributed by atoms with Crippen LogP contribution in [0.4, 0.5) is 0 Å². The number of hydrogen-bond acceptors (Lipinski definition) is 3. The minimum absolute atomic E-state index is 0.197. The molecule has 9 heteroatoms. The zero-order valence-corrected chi connectivity index (χ0v) is 17.5.